The highest BCUT2D eigenvalue weighted by Crippen LogP contribution is 2.11. The highest BCUT2D eigenvalue weighted by Gasteiger charge is 2.04. The average molecular weight is 203 g/mol. The van der Waals surface area contributed by atoms with E-state index in [1.165, 1.54) is 6.42 Å². The molecule has 0 aliphatic carbocycles. The van der Waals surface area contributed by atoms with Crippen molar-refractivity contribution in [3.05, 3.63) is 0 Å². The molecule has 0 amide bonds. The van der Waals surface area contributed by atoms with Crippen LogP contribution in [0.15, 0.2) is 0 Å². The lowest BCUT2D eigenvalue weighted by Gasteiger charge is -2.13. The van der Waals surface area contributed by atoms with Crippen molar-refractivity contribution in [2.75, 3.05) is 26.9 Å². The maximum atomic E-state index is 5.72. The molecule has 0 radical (unpaired) electrons. The van der Waals surface area contributed by atoms with E-state index >= 15 is 0 Å². The van der Waals surface area contributed by atoms with Crippen LogP contribution in [0.1, 0.15) is 33.1 Å². The number of nitrogens with two attached hydrogens (primary N) is 1. The van der Waals surface area contributed by atoms with E-state index in [-0.39, 0.29) is 0 Å². The van der Waals surface area contributed by atoms with Crippen LogP contribution in [0, 0.1) is 5.92 Å². The molecule has 0 aliphatic rings. The van der Waals surface area contributed by atoms with Gasteiger partial charge in [0.1, 0.15) is 0 Å². The summed E-state index contributed by atoms with van der Waals surface area (Å²) in [5.41, 5.74) is 5.72. The molecular formula is C11H25NO2. The van der Waals surface area contributed by atoms with Crippen LogP contribution in [-0.4, -0.2) is 33.0 Å². The molecule has 2 atom stereocenters. The van der Waals surface area contributed by atoms with Crippen LogP contribution in [0.2, 0.25) is 0 Å². The predicted octanol–water partition coefficient (Wildman–Crippen LogP) is 1.80. The van der Waals surface area contributed by atoms with Gasteiger partial charge in [-0.25, -0.2) is 0 Å². The second kappa shape index (κ2) is 9.44. The SMILES string of the molecule is COCCOCCCC(C)CC(C)N. The van der Waals surface area contributed by atoms with Crippen LogP contribution in [0.25, 0.3) is 0 Å². The second-order valence-electron chi connectivity index (χ2n) is 4.07. The lowest BCUT2D eigenvalue weighted by Crippen LogP contribution is -2.18. The summed E-state index contributed by atoms with van der Waals surface area (Å²) in [5, 5.41) is 0. The first-order chi connectivity index (χ1) is 6.66. The maximum Gasteiger partial charge on any atom is 0.0700 e. The monoisotopic (exact) mass is 203 g/mol. The molecule has 0 saturated heterocycles. The van der Waals surface area contributed by atoms with Gasteiger partial charge in [-0.15, -0.1) is 0 Å². The van der Waals surface area contributed by atoms with Crippen molar-refractivity contribution in [1.29, 1.82) is 0 Å². The minimum atomic E-state index is 0.319. The Morgan fingerprint density at radius 2 is 1.86 bits per heavy atom. The van der Waals surface area contributed by atoms with Crippen LogP contribution in [-0.2, 0) is 9.47 Å². The van der Waals surface area contributed by atoms with Crippen molar-refractivity contribution in [3.63, 3.8) is 0 Å². The molecule has 3 heteroatoms. The third kappa shape index (κ3) is 9.96. The van der Waals surface area contributed by atoms with Crippen molar-refractivity contribution in [1.82, 2.24) is 0 Å². The van der Waals surface area contributed by atoms with Crippen LogP contribution < -0.4 is 5.73 Å². The fraction of sp³-hybridized carbons (Fsp3) is 1.00. The van der Waals surface area contributed by atoms with Gasteiger partial charge in [-0.2, -0.15) is 0 Å². The van der Waals surface area contributed by atoms with Gasteiger partial charge in [0.05, 0.1) is 13.2 Å². The summed E-state index contributed by atoms with van der Waals surface area (Å²) in [6.45, 7) is 6.55. The molecule has 0 aromatic heterocycles. The molecule has 2 N–H and O–H groups in total. The van der Waals surface area contributed by atoms with Crippen molar-refractivity contribution >= 4 is 0 Å². The molecule has 0 fully saturated rings. The summed E-state index contributed by atoms with van der Waals surface area (Å²) in [5.74, 6) is 0.709. The van der Waals surface area contributed by atoms with E-state index in [4.69, 9.17) is 15.2 Å². The Kier molecular flexibility index (Phi) is 9.35. The first-order valence-electron chi connectivity index (χ1n) is 5.49. The van der Waals surface area contributed by atoms with E-state index in [0.29, 0.717) is 25.2 Å². The highest BCUT2D eigenvalue weighted by atomic mass is 16.5. The van der Waals surface area contributed by atoms with Crippen LogP contribution in [0.5, 0.6) is 0 Å². The van der Waals surface area contributed by atoms with Crippen molar-refractivity contribution < 1.29 is 9.47 Å². The zero-order chi connectivity index (χ0) is 10.8. The summed E-state index contributed by atoms with van der Waals surface area (Å²) >= 11 is 0. The van der Waals surface area contributed by atoms with Gasteiger partial charge in [0.25, 0.3) is 0 Å². The fourth-order valence-electron chi connectivity index (χ4n) is 1.53. The molecular weight excluding hydrogens is 178 g/mol. The molecule has 0 rings (SSSR count). The first kappa shape index (κ1) is 13.9. The van der Waals surface area contributed by atoms with E-state index in [2.05, 4.69) is 13.8 Å². The van der Waals surface area contributed by atoms with Crippen LogP contribution in [0.4, 0.5) is 0 Å². The molecule has 0 bridgehead atoms. The smallest absolute Gasteiger partial charge is 0.0700 e. The Hall–Kier alpha value is -0.120. The van der Waals surface area contributed by atoms with Gasteiger partial charge in [-0.05, 0) is 32.1 Å². The number of rotatable bonds is 9. The van der Waals surface area contributed by atoms with E-state index in [1.54, 1.807) is 7.11 Å². The van der Waals surface area contributed by atoms with Gasteiger partial charge < -0.3 is 15.2 Å². The zero-order valence-electron chi connectivity index (χ0n) is 9.79. The third-order valence-electron chi connectivity index (χ3n) is 2.19. The lowest BCUT2D eigenvalue weighted by atomic mass is 9.98. The summed E-state index contributed by atoms with van der Waals surface area (Å²) in [7, 11) is 1.69. The van der Waals surface area contributed by atoms with E-state index in [0.717, 1.165) is 19.4 Å². The molecule has 14 heavy (non-hydrogen) atoms. The fourth-order valence-corrected chi connectivity index (χ4v) is 1.53. The van der Waals surface area contributed by atoms with E-state index in [1.807, 2.05) is 0 Å². The van der Waals surface area contributed by atoms with Gasteiger partial charge in [0.2, 0.25) is 0 Å². The minimum Gasteiger partial charge on any atom is -0.382 e. The Morgan fingerprint density at radius 1 is 1.14 bits per heavy atom. The number of methoxy groups -OCH3 is 1. The maximum absolute atomic E-state index is 5.72. The van der Waals surface area contributed by atoms with Gasteiger partial charge in [-0.3, -0.25) is 0 Å². The van der Waals surface area contributed by atoms with Gasteiger partial charge in [-0.1, -0.05) is 6.92 Å². The number of hydrogen-bond donors (Lipinski definition) is 1. The second-order valence-corrected chi connectivity index (χ2v) is 4.07. The van der Waals surface area contributed by atoms with E-state index in [9.17, 15) is 0 Å². The summed E-state index contributed by atoms with van der Waals surface area (Å²) < 4.78 is 10.3. The average Bonchev–Trinajstić information content (AvgIpc) is 2.10. The third-order valence-corrected chi connectivity index (χ3v) is 2.19. The Morgan fingerprint density at radius 3 is 2.43 bits per heavy atom. The number of ether oxygens (including phenoxy) is 2. The summed E-state index contributed by atoms with van der Waals surface area (Å²) in [6, 6.07) is 0.319. The lowest BCUT2D eigenvalue weighted by molar-refractivity contribution is 0.0672. The quantitative estimate of drug-likeness (QED) is 0.581. The van der Waals surface area contributed by atoms with Crippen LogP contribution >= 0.6 is 0 Å². The molecule has 0 spiro atoms. The molecule has 0 aromatic carbocycles. The summed E-state index contributed by atoms with van der Waals surface area (Å²) in [6.07, 6.45) is 3.43. The number of hydrogen-bond acceptors (Lipinski definition) is 3. The molecule has 0 aliphatic heterocycles. The first-order valence-corrected chi connectivity index (χ1v) is 5.49. The topological polar surface area (TPSA) is 44.5 Å². The molecule has 2 unspecified atom stereocenters. The standard InChI is InChI=1S/C11H25NO2/c1-10(9-11(2)12)5-4-6-14-8-7-13-3/h10-11H,4-9,12H2,1-3H3. The summed E-state index contributed by atoms with van der Waals surface area (Å²) in [4.78, 5) is 0. The zero-order valence-corrected chi connectivity index (χ0v) is 9.79. The normalized spacial score (nSPS) is 15.4. The van der Waals surface area contributed by atoms with Crippen molar-refractivity contribution in [2.45, 2.75) is 39.2 Å². The van der Waals surface area contributed by atoms with E-state index < -0.39 is 0 Å². The molecule has 0 heterocycles. The molecule has 86 valence electrons. The molecule has 3 nitrogen and oxygen atoms in total. The van der Waals surface area contributed by atoms with Gasteiger partial charge >= 0.3 is 0 Å². The van der Waals surface area contributed by atoms with Crippen molar-refractivity contribution in [3.8, 4) is 0 Å². The largest absolute Gasteiger partial charge is 0.382 e. The van der Waals surface area contributed by atoms with Gasteiger partial charge in [0, 0.05) is 19.8 Å². The Labute approximate surface area is 88.0 Å². The highest BCUT2D eigenvalue weighted by molar-refractivity contribution is 4.60. The molecule has 0 aromatic rings. The Balaban J connectivity index is 3.10. The minimum absolute atomic E-state index is 0.319. The van der Waals surface area contributed by atoms with Crippen LogP contribution in [0.3, 0.4) is 0 Å². The Bertz CT molecular complexity index is 118. The van der Waals surface area contributed by atoms with Gasteiger partial charge in [0.15, 0.2) is 0 Å². The predicted molar refractivity (Wildman–Crippen MR) is 59.4 cm³/mol. The van der Waals surface area contributed by atoms with Crippen molar-refractivity contribution in [2.24, 2.45) is 11.7 Å². The molecule has 0 saturated carbocycles.